The van der Waals surface area contributed by atoms with Crippen LogP contribution in [0.2, 0.25) is 0 Å². The van der Waals surface area contributed by atoms with Gasteiger partial charge in [0.1, 0.15) is 5.75 Å². The van der Waals surface area contributed by atoms with Crippen molar-refractivity contribution in [2.45, 2.75) is 45.9 Å². The van der Waals surface area contributed by atoms with Gasteiger partial charge in [-0.2, -0.15) is 0 Å². The average molecular weight is 467 g/mol. The van der Waals surface area contributed by atoms with E-state index in [-0.39, 0.29) is 17.4 Å². The zero-order valence-electron chi connectivity index (χ0n) is 19.7. The van der Waals surface area contributed by atoms with Gasteiger partial charge in [0.2, 0.25) is 0 Å². The van der Waals surface area contributed by atoms with Gasteiger partial charge in [0.25, 0.3) is 15.9 Å². The maximum absolute atomic E-state index is 12.8. The van der Waals surface area contributed by atoms with Crippen LogP contribution in [0.3, 0.4) is 0 Å². The second-order valence-corrected chi connectivity index (χ2v) is 9.81. The summed E-state index contributed by atoms with van der Waals surface area (Å²) in [6.45, 7) is 9.46. The van der Waals surface area contributed by atoms with Gasteiger partial charge in [0, 0.05) is 11.4 Å². The van der Waals surface area contributed by atoms with Crippen molar-refractivity contribution in [1.29, 1.82) is 0 Å². The van der Waals surface area contributed by atoms with E-state index in [2.05, 4.69) is 10.0 Å². The molecule has 7 heteroatoms. The Bertz CT molecular complexity index is 1280. The van der Waals surface area contributed by atoms with Crippen LogP contribution in [0.1, 0.15) is 34.7 Å². The van der Waals surface area contributed by atoms with Crippen LogP contribution in [0.5, 0.6) is 5.75 Å². The number of hydrogen-bond acceptors (Lipinski definition) is 4. The van der Waals surface area contributed by atoms with Gasteiger partial charge in [-0.3, -0.25) is 9.52 Å². The number of amides is 1. The molecular weight excluding hydrogens is 436 g/mol. The number of para-hydroxylation sites is 1. The van der Waals surface area contributed by atoms with Crippen molar-refractivity contribution in [1.82, 2.24) is 0 Å². The fourth-order valence-corrected chi connectivity index (χ4v) is 4.63. The van der Waals surface area contributed by atoms with Gasteiger partial charge in [0.05, 0.1) is 4.90 Å². The molecule has 0 saturated heterocycles. The highest BCUT2D eigenvalue weighted by atomic mass is 32.2. The molecule has 2 N–H and O–H groups in total. The molecule has 0 fully saturated rings. The van der Waals surface area contributed by atoms with Crippen molar-refractivity contribution in [3.63, 3.8) is 0 Å². The topological polar surface area (TPSA) is 84.5 Å². The number of rotatable bonds is 8. The molecule has 0 saturated carbocycles. The van der Waals surface area contributed by atoms with Crippen molar-refractivity contribution < 1.29 is 17.9 Å². The first-order chi connectivity index (χ1) is 15.6. The van der Waals surface area contributed by atoms with Crippen LogP contribution in [-0.2, 0) is 21.2 Å². The summed E-state index contributed by atoms with van der Waals surface area (Å²) < 4.78 is 33.9. The minimum absolute atomic E-state index is 0.127. The summed E-state index contributed by atoms with van der Waals surface area (Å²) >= 11 is 0. The number of benzene rings is 3. The first kappa shape index (κ1) is 24.3. The van der Waals surface area contributed by atoms with Gasteiger partial charge in [-0.25, -0.2) is 8.42 Å². The summed E-state index contributed by atoms with van der Waals surface area (Å²) in [5, 5.41) is 2.92. The van der Waals surface area contributed by atoms with Crippen LogP contribution < -0.4 is 14.8 Å². The van der Waals surface area contributed by atoms with Crippen LogP contribution in [-0.4, -0.2) is 20.9 Å². The van der Waals surface area contributed by atoms with E-state index in [0.29, 0.717) is 17.0 Å². The van der Waals surface area contributed by atoms with Crippen LogP contribution >= 0.6 is 0 Å². The predicted octanol–water partition coefficient (Wildman–Crippen LogP) is 5.30. The van der Waals surface area contributed by atoms with Crippen LogP contribution in [0.4, 0.5) is 11.4 Å². The van der Waals surface area contributed by atoms with Crippen LogP contribution in [0, 0.1) is 27.7 Å². The SMILES string of the molecule is CCc1cccc(C)c1NC(=O)COc1ccc(S(=O)(=O)Nc2ccc(C)c(C)c2)cc1C. The second-order valence-electron chi connectivity index (χ2n) is 8.13. The third-order valence-corrected chi connectivity index (χ3v) is 6.96. The third-order valence-electron chi connectivity index (χ3n) is 5.58. The Kier molecular flexibility index (Phi) is 7.43. The normalized spacial score (nSPS) is 11.2. The fraction of sp³-hybridized carbons (Fsp3) is 0.269. The maximum atomic E-state index is 12.8. The number of ether oxygens (including phenoxy) is 1. The number of aryl methyl sites for hydroxylation is 5. The molecule has 0 aliphatic carbocycles. The lowest BCUT2D eigenvalue weighted by molar-refractivity contribution is -0.118. The molecular formula is C26H30N2O4S. The van der Waals surface area contributed by atoms with Gasteiger partial charge in [0.15, 0.2) is 6.61 Å². The van der Waals surface area contributed by atoms with Crippen LogP contribution in [0.15, 0.2) is 59.5 Å². The Labute approximate surface area is 196 Å². The monoisotopic (exact) mass is 466 g/mol. The van der Waals surface area contributed by atoms with Gasteiger partial charge in [-0.1, -0.05) is 31.2 Å². The molecule has 0 atom stereocenters. The molecule has 0 aliphatic heterocycles. The molecule has 0 radical (unpaired) electrons. The second kappa shape index (κ2) is 10.1. The lowest BCUT2D eigenvalue weighted by Gasteiger charge is -2.15. The maximum Gasteiger partial charge on any atom is 0.262 e. The molecule has 0 bridgehead atoms. The van der Waals surface area contributed by atoms with Crippen molar-refractivity contribution in [3.8, 4) is 5.75 Å². The average Bonchev–Trinajstić information content (AvgIpc) is 2.76. The smallest absolute Gasteiger partial charge is 0.262 e. The lowest BCUT2D eigenvalue weighted by Crippen LogP contribution is -2.21. The van der Waals surface area contributed by atoms with Gasteiger partial charge in [-0.05, 0) is 92.3 Å². The van der Waals surface area contributed by atoms with E-state index >= 15 is 0 Å². The van der Waals surface area contributed by atoms with Gasteiger partial charge >= 0.3 is 0 Å². The molecule has 0 unspecified atom stereocenters. The first-order valence-corrected chi connectivity index (χ1v) is 12.3. The Hall–Kier alpha value is -3.32. The zero-order valence-corrected chi connectivity index (χ0v) is 20.5. The summed E-state index contributed by atoms with van der Waals surface area (Å²) in [6.07, 6.45) is 0.809. The molecule has 3 rings (SSSR count). The minimum atomic E-state index is -3.75. The predicted molar refractivity (Wildman–Crippen MR) is 133 cm³/mol. The Balaban J connectivity index is 1.68. The van der Waals surface area contributed by atoms with E-state index in [0.717, 1.165) is 34.4 Å². The van der Waals surface area contributed by atoms with Crippen molar-refractivity contribution >= 4 is 27.3 Å². The lowest BCUT2D eigenvalue weighted by atomic mass is 10.1. The molecule has 0 aliphatic rings. The molecule has 0 aromatic heterocycles. The summed E-state index contributed by atoms with van der Waals surface area (Å²) in [7, 11) is -3.75. The van der Waals surface area contributed by atoms with E-state index < -0.39 is 10.0 Å². The molecule has 3 aromatic carbocycles. The highest BCUT2D eigenvalue weighted by molar-refractivity contribution is 7.92. The molecule has 174 valence electrons. The van der Waals surface area contributed by atoms with Crippen molar-refractivity contribution in [2.75, 3.05) is 16.6 Å². The van der Waals surface area contributed by atoms with Crippen LogP contribution in [0.25, 0.3) is 0 Å². The molecule has 6 nitrogen and oxygen atoms in total. The summed E-state index contributed by atoms with van der Waals surface area (Å²) in [6, 6.07) is 15.9. The number of hydrogen-bond donors (Lipinski definition) is 2. The largest absolute Gasteiger partial charge is 0.483 e. The van der Waals surface area contributed by atoms with Gasteiger partial charge in [-0.15, -0.1) is 0 Å². The van der Waals surface area contributed by atoms with E-state index in [1.54, 1.807) is 25.1 Å². The highest BCUT2D eigenvalue weighted by Crippen LogP contribution is 2.25. The van der Waals surface area contributed by atoms with E-state index in [9.17, 15) is 13.2 Å². The van der Waals surface area contributed by atoms with E-state index in [1.807, 2.05) is 52.0 Å². The summed E-state index contributed by atoms with van der Waals surface area (Å²) in [5.74, 6) is 0.183. The highest BCUT2D eigenvalue weighted by Gasteiger charge is 2.17. The fourth-order valence-electron chi connectivity index (χ4n) is 3.49. The number of sulfonamides is 1. The van der Waals surface area contributed by atoms with Gasteiger partial charge < -0.3 is 10.1 Å². The Morgan fingerprint density at radius 3 is 2.30 bits per heavy atom. The van der Waals surface area contributed by atoms with Crippen molar-refractivity contribution in [3.05, 3.63) is 82.4 Å². The number of carbonyl (C=O) groups excluding carboxylic acids is 1. The number of carbonyl (C=O) groups is 1. The molecule has 33 heavy (non-hydrogen) atoms. The third kappa shape index (κ3) is 5.93. The zero-order chi connectivity index (χ0) is 24.2. The number of anilines is 2. The summed E-state index contributed by atoms with van der Waals surface area (Å²) in [5.41, 5.74) is 6.09. The molecule has 1 amide bonds. The Morgan fingerprint density at radius 1 is 0.879 bits per heavy atom. The minimum Gasteiger partial charge on any atom is -0.483 e. The first-order valence-electron chi connectivity index (χ1n) is 10.8. The molecule has 0 heterocycles. The summed E-state index contributed by atoms with van der Waals surface area (Å²) in [4.78, 5) is 12.6. The van der Waals surface area contributed by atoms with E-state index in [4.69, 9.17) is 4.74 Å². The molecule has 3 aromatic rings. The van der Waals surface area contributed by atoms with Crippen molar-refractivity contribution in [2.24, 2.45) is 0 Å². The number of nitrogens with one attached hydrogen (secondary N) is 2. The van der Waals surface area contributed by atoms with E-state index in [1.165, 1.54) is 12.1 Å². The molecule has 0 spiro atoms. The quantitative estimate of drug-likeness (QED) is 0.472. The standard InChI is InChI=1S/C26H30N2O4S/c1-6-21-9-7-8-18(3)26(21)27-25(29)16-32-24-13-12-23(15-20(24)5)33(30,31)28-22-11-10-17(2)19(4)14-22/h7-15,28H,6,16H2,1-5H3,(H,27,29). The Morgan fingerprint density at radius 2 is 1.64 bits per heavy atom.